The van der Waals surface area contributed by atoms with Gasteiger partial charge in [0.15, 0.2) is 9.84 Å². The quantitative estimate of drug-likeness (QED) is 0.799. The second-order valence-electron chi connectivity index (χ2n) is 5.79. The molecule has 1 aromatic rings. The molecule has 0 aliphatic heterocycles. The minimum atomic E-state index is -3.53. The van der Waals surface area contributed by atoms with E-state index in [-0.39, 0.29) is 16.2 Å². The Kier molecular flexibility index (Phi) is 5.04. The third kappa shape index (κ3) is 4.46. The number of rotatable bonds is 4. The lowest BCUT2D eigenvalue weighted by Gasteiger charge is -2.24. The van der Waals surface area contributed by atoms with Crippen molar-refractivity contribution in [1.82, 2.24) is 0 Å². The number of hydrogen-bond donors (Lipinski definition) is 0. The molecule has 0 heterocycles. The topological polar surface area (TPSA) is 69.7 Å². The molecule has 0 radical (unpaired) electrons. The van der Waals surface area contributed by atoms with Crippen LogP contribution in [0.3, 0.4) is 0 Å². The van der Waals surface area contributed by atoms with Crippen LogP contribution in [0.4, 0.5) is 0 Å². The summed E-state index contributed by atoms with van der Waals surface area (Å²) in [4.78, 5) is 11.8. The van der Waals surface area contributed by atoms with Gasteiger partial charge in [-0.3, -0.25) is 0 Å². The molecule has 0 atom stereocenters. The van der Waals surface area contributed by atoms with Crippen molar-refractivity contribution in [2.45, 2.75) is 44.6 Å². The van der Waals surface area contributed by atoms with Gasteiger partial charge in [0.1, 0.15) is 16.2 Å². The number of ether oxygens (including phenoxy) is 2. The van der Waals surface area contributed by atoms with Gasteiger partial charge in [0.05, 0.1) is 12.7 Å². The molecule has 1 rings (SSSR count). The predicted octanol–water partition coefficient (Wildman–Crippen LogP) is 2.62. The van der Waals surface area contributed by atoms with Gasteiger partial charge in [0, 0.05) is 6.26 Å². The van der Waals surface area contributed by atoms with Crippen molar-refractivity contribution in [3.05, 3.63) is 23.3 Å². The van der Waals surface area contributed by atoms with Crippen LogP contribution in [0, 0.1) is 0 Å². The first-order chi connectivity index (χ1) is 9.49. The second-order valence-corrected chi connectivity index (χ2v) is 7.77. The summed E-state index contributed by atoms with van der Waals surface area (Å²) in [5.74, 6) is -0.298. The zero-order valence-electron chi connectivity index (χ0n) is 13.3. The molecule has 0 amide bonds. The van der Waals surface area contributed by atoms with E-state index in [1.54, 1.807) is 6.07 Å². The molecule has 5 nitrogen and oxygen atoms in total. The number of carbonyl (C=O) groups is 1. The molecule has 6 heteroatoms. The van der Waals surface area contributed by atoms with Gasteiger partial charge in [-0.2, -0.15) is 0 Å². The summed E-state index contributed by atoms with van der Waals surface area (Å²) in [6, 6.07) is 2.94. The molecule has 118 valence electrons. The van der Waals surface area contributed by atoms with Gasteiger partial charge in [-0.05, 0) is 44.9 Å². The summed E-state index contributed by atoms with van der Waals surface area (Å²) in [7, 11) is -2.26. The van der Waals surface area contributed by atoms with Crippen molar-refractivity contribution < 1.29 is 22.7 Å². The number of hydrogen-bond acceptors (Lipinski definition) is 5. The summed E-state index contributed by atoms with van der Waals surface area (Å²) < 4.78 is 34.4. The van der Waals surface area contributed by atoms with E-state index in [1.807, 2.05) is 27.7 Å². The number of aryl methyl sites for hydroxylation is 1. The fourth-order valence-electron chi connectivity index (χ4n) is 1.89. The highest BCUT2D eigenvalue weighted by atomic mass is 32.2. The number of benzene rings is 1. The van der Waals surface area contributed by atoms with E-state index >= 15 is 0 Å². The molecule has 0 aliphatic rings. The number of esters is 1. The molecule has 0 saturated heterocycles. The third-order valence-corrected chi connectivity index (χ3v) is 3.89. The van der Waals surface area contributed by atoms with Gasteiger partial charge in [0.2, 0.25) is 0 Å². The Labute approximate surface area is 126 Å². The Morgan fingerprint density at radius 3 is 2.19 bits per heavy atom. The summed E-state index contributed by atoms with van der Waals surface area (Å²) in [5, 5.41) is 0. The molecule has 0 spiro atoms. The van der Waals surface area contributed by atoms with Crippen LogP contribution >= 0.6 is 0 Å². The lowest BCUT2D eigenvalue weighted by molar-refractivity contribution is 0.0599. The Bertz CT molecular complexity index is 639. The summed E-state index contributed by atoms with van der Waals surface area (Å²) >= 11 is 0. The molecule has 21 heavy (non-hydrogen) atoms. The fraction of sp³-hybridized carbons (Fsp3) is 0.533. The maximum Gasteiger partial charge on any atom is 0.338 e. The van der Waals surface area contributed by atoms with Crippen LogP contribution in [0.25, 0.3) is 0 Å². The van der Waals surface area contributed by atoms with Gasteiger partial charge < -0.3 is 9.47 Å². The van der Waals surface area contributed by atoms with Crippen molar-refractivity contribution >= 4 is 15.8 Å². The normalized spacial score (nSPS) is 12.1. The van der Waals surface area contributed by atoms with Crippen LogP contribution in [0.1, 0.15) is 43.6 Å². The van der Waals surface area contributed by atoms with E-state index in [0.29, 0.717) is 12.0 Å². The predicted molar refractivity (Wildman–Crippen MR) is 80.7 cm³/mol. The van der Waals surface area contributed by atoms with Crippen molar-refractivity contribution in [3.8, 4) is 5.75 Å². The zero-order chi connectivity index (χ0) is 16.4. The molecular weight excluding hydrogens is 292 g/mol. The molecule has 0 N–H and O–H groups in total. The Morgan fingerprint density at radius 2 is 1.81 bits per heavy atom. The standard InChI is InChI=1S/C15H22O5S/c1-7-10-8-12(20-15(2,3)4)13(21(6,17)18)9-11(10)14(16)19-5/h8-9H,7H2,1-6H3. The highest BCUT2D eigenvalue weighted by molar-refractivity contribution is 7.90. The first-order valence-electron chi connectivity index (χ1n) is 6.64. The van der Waals surface area contributed by atoms with Crippen molar-refractivity contribution in [1.29, 1.82) is 0 Å². The van der Waals surface area contributed by atoms with Crippen molar-refractivity contribution in [2.75, 3.05) is 13.4 Å². The highest BCUT2D eigenvalue weighted by Crippen LogP contribution is 2.31. The third-order valence-electron chi connectivity index (χ3n) is 2.77. The van der Waals surface area contributed by atoms with Crippen molar-refractivity contribution in [3.63, 3.8) is 0 Å². The van der Waals surface area contributed by atoms with E-state index in [9.17, 15) is 13.2 Å². The maximum absolute atomic E-state index is 12.0. The largest absolute Gasteiger partial charge is 0.487 e. The second kappa shape index (κ2) is 6.05. The summed E-state index contributed by atoms with van der Waals surface area (Å²) in [5.41, 5.74) is 0.396. The first kappa shape index (κ1) is 17.5. The average molecular weight is 314 g/mol. The van der Waals surface area contributed by atoms with Gasteiger partial charge in [0.25, 0.3) is 0 Å². The van der Waals surface area contributed by atoms with E-state index in [2.05, 4.69) is 0 Å². The Balaban J connectivity index is 3.61. The van der Waals surface area contributed by atoms with E-state index in [1.165, 1.54) is 13.2 Å². The van der Waals surface area contributed by atoms with Crippen LogP contribution in [0.15, 0.2) is 17.0 Å². The van der Waals surface area contributed by atoms with Crippen LogP contribution < -0.4 is 4.74 Å². The SMILES string of the molecule is CCc1cc(OC(C)(C)C)c(S(C)(=O)=O)cc1C(=O)OC. The van der Waals surface area contributed by atoms with Crippen LogP contribution in [-0.4, -0.2) is 33.4 Å². The molecule has 0 bridgehead atoms. The summed E-state index contributed by atoms with van der Waals surface area (Å²) in [6.07, 6.45) is 1.65. The minimum Gasteiger partial charge on any atom is -0.487 e. The Hall–Kier alpha value is -1.56. The van der Waals surface area contributed by atoms with Crippen LogP contribution in [0.2, 0.25) is 0 Å². The van der Waals surface area contributed by atoms with Crippen LogP contribution in [0.5, 0.6) is 5.75 Å². The molecule has 1 aromatic carbocycles. The van der Waals surface area contributed by atoms with Crippen LogP contribution in [-0.2, 0) is 21.0 Å². The molecule has 0 unspecified atom stereocenters. The number of sulfone groups is 1. The molecule has 0 fully saturated rings. The fourth-order valence-corrected chi connectivity index (χ4v) is 2.69. The van der Waals surface area contributed by atoms with Gasteiger partial charge in [-0.1, -0.05) is 6.92 Å². The number of carbonyl (C=O) groups excluding carboxylic acids is 1. The lowest BCUT2D eigenvalue weighted by atomic mass is 10.0. The smallest absolute Gasteiger partial charge is 0.338 e. The lowest BCUT2D eigenvalue weighted by Crippen LogP contribution is -2.24. The zero-order valence-corrected chi connectivity index (χ0v) is 14.1. The van der Waals surface area contributed by atoms with E-state index < -0.39 is 21.4 Å². The molecule has 0 saturated carbocycles. The number of methoxy groups -OCH3 is 1. The monoisotopic (exact) mass is 314 g/mol. The molecular formula is C15H22O5S. The first-order valence-corrected chi connectivity index (χ1v) is 8.53. The molecule has 0 aromatic heterocycles. The van der Waals surface area contributed by atoms with E-state index in [0.717, 1.165) is 6.26 Å². The molecule has 0 aliphatic carbocycles. The van der Waals surface area contributed by atoms with Gasteiger partial charge in [-0.15, -0.1) is 0 Å². The van der Waals surface area contributed by atoms with Gasteiger partial charge >= 0.3 is 5.97 Å². The highest BCUT2D eigenvalue weighted by Gasteiger charge is 2.24. The maximum atomic E-state index is 12.0. The minimum absolute atomic E-state index is 0.00461. The van der Waals surface area contributed by atoms with Crippen molar-refractivity contribution in [2.24, 2.45) is 0 Å². The van der Waals surface area contributed by atoms with E-state index in [4.69, 9.17) is 9.47 Å². The average Bonchev–Trinajstić information content (AvgIpc) is 2.34. The summed E-state index contributed by atoms with van der Waals surface area (Å²) in [6.45, 7) is 7.37. The Morgan fingerprint density at radius 1 is 1.24 bits per heavy atom. The van der Waals surface area contributed by atoms with Gasteiger partial charge in [-0.25, -0.2) is 13.2 Å².